The summed E-state index contributed by atoms with van der Waals surface area (Å²) in [4.78, 5) is 27.2. The van der Waals surface area contributed by atoms with Crippen LogP contribution in [0.1, 0.15) is 31.9 Å². The lowest BCUT2D eigenvalue weighted by Gasteiger charge is -2.29. The van der Waals surface area contributed by atoms with Crippen LogP contribution in [0.15, 0.2) is 48.5 Å². The molecule has 0 aliphatic carbocycles. The van der Waals surface area contributed by atoms with Gasteiger partial charge in [0.25, 0.3) is 0 Å². The van der Waals surface area contributed by atoms with Gasteiger partial charge in [-0.25, -0.2) is 0 Å². The average molecular weight is 421 g/mol. The minimum atomic E-state index is -0.568. The van der Waals surface area contributed by atoms with Gasteiger partial charge in [-0.1, -0.05) is 59.6 Å². The lowest BCUT2D eigenvalue weighted by Crippen LogP contribution is -2.50. The lowest BCUT2D eigenvalue weighted by atomic mass is 10.1. The van der Waals surface area contributed by atoms with Gasteiger partial charge in [0.2, 0.25) is 11.8 Å². The van der Waals surface area contributed by atoms with E-state index in [4.69, 9.17) is 23.2 Å². The third kappa shape index (κ3) is 6.54. The summed E-state index contributed by atoms with van der Waals surface area (Å²) in [7, 11) is 0. The highest BCUT2D eigenvalue weighted by Crippen LogP contribution is 2.23. The Morgan fingerprint density at radius 3 is 2.25 bits per heavy atom. The number of halogens is 2. The Morgan fingerprint density at radius 2 is 1.64 bits per heavy atom. The van der Waals surface area contributed by atoms with E-state index in [2.05, 4.69) is 5.32 Å². The normalized spacial score (nSPS) is 11.9. The predicted molar refractivity (Wildman–Crippen MR) is 115 cm³/mol. The van der Waals surface area contributed by atoms with Gasteiger partial charge in [0.05, 0.1) is 16.5 Å². The van der Waals surface area contributed by atoms with Gasteiger partial charge in [0, 0.05) is 12.6 Å². The first-order chi connectivity index (χ1) is 13.3. The van der Waals surface area contributed by atoms with Crippen molar-refractivity contribution in [2.45, 2.75) is 45.7 Å². The minimum absolute atomic E-state index is 0.0103. The molecule has 2 amide bonds. The number of carbonyl (C=O) groups is 2. The van der Waals surface area contributed by atoms with Crippen molar-refractivity contribution in [3.8, 4) is 0 Å². The van der Waals surface area contributed by atoms with Crippen LogP contribution < -0.4 is 5.32 Å². The zero-order chi connectivity index (χ0) is 20.7. The summed E-state index contributed by atoms with van der Waals surface area (Å²) >= 11 is 12.0. The molecule has 0 saturated carbocycles. The van der Waals surface area contributed by atoms with Crippen molar-refractivity contribution in [3.05, 3.63) is 69.7 Å². The van der Waals surface area contributed by atoms with Gasteiger partial charge in [-0.05, 0) is 50.5 Å². The number of benzene rings is 2. The smallest absolute Gasteiger partial charge is 0.242 e. The molecule has 0 saturated heterocycles. The second kappa shape index (κ2) is 10.5. The molecule has 0 unspecified atom stereocenters. The molecule has 2 aromatic carbocycles. The highest BCUT2D eigenvalue weighted by Gasteiger charge is 2.26. The number of hydrogen-bond acceptors (Lipinski definition) is 2. The number of hydrogen-bond donors (Lipinski definition) is 1. The number of nitrogens with one attached hydrogen (secondary N) is 1. The van der Waals surface area contributed by atoms with Crippen molar-refractivity contribution >= 4 is 35.0 Å². The number of nitrogens with zero attached hydrogens (tertiary/aromatic N) is 1. The van der Waals surface area contributed by atoms with E-state index in [1.807, 2.05) is 44.2 Å². The van der Waals surface area contributed by atoms with Gasteiger partial charge >= 0.3 is 0 Å². The molecule has 0 radical (unpaired) electrons. The Morgan fingerprint density at radius 1 is 0.964 bits per heavy atom. The fraction of sp³-hybridized carbons (Fsp3) is 0.364. The third-order valence-electron chi connectivity index (χ3n) is 4.42. The molecule has 28 heavy (non-hydrogen) atoms. The van der Waals surface area contributed by atoms with Crippen LogP contribution in [0.25, 0.3) is 0 Å². The van der Waals surface area contributed by atoms with E-state index in [-0.39, 0.29) is 24.3 Å². The predicted octanol–water partition coefficient (Wildman–Crippen LogP) is 4.52. The quantitative estimate of drug-likeness (QED) is 0.682. The van der Waals surface area contributed by atoms with Crippen LogP contribution in [-0.2, 0) is 22.4 Å². The van der Waals surface area contributed by atoms with Crippen LogP contribution in [0.5, 0.6) is 0 Å². The molecule has 4 nitrogen and oxygen atoms in total. The maximum Gasteiger partial charge on any atom is 0.242 e. The van der Waals surface area contributed by atoms with E-state index in [1.165, 1.54) is 0 Å². The first-order valence-electron chi connectivity index (χ1n) is 9.35. The number of rotatable bonds is 8. The van der Waals surface area contributed by atoms with Gasteiger partial charge in [-0.2, -0.15) is 0 Å². The summed E-state index contributed by atoms with van der Waals surface area (Å²) in [5, 5.41) is 3.74. The molecule has 0 aromatic heterocycles. The Balaban J connectivity index is 2.16. The van der Waals surface area contributed by atoms with E-state index in [0.717, 1.165) is 11.1 Å². The van der Waals surface area contributed by atoms with E-state index in [1.54, 1.807) is 30.0 Å². The molecular formula is C22H26Cl2N2O2. The van der Waals surface area contributed by atoms with E-state index in [9.17, 15) is 9.59 Å². The summed E-state index contributed by atoms with van der Waals surface area (Å²) in [6.45, 7) is 6.01. The summed E-state index contributed by atoms with van der Waals surface area (Å²) in [6, 6.07) is 14.5. The van der Waals surface area contributed by atoms with Gasteiger partial charge in [0.15, 0.2) is 0 Å². The molecule has 2 rings (SSSR count). The van der Waals surface area contributed by atoms with E-state index >= 15 is 0 Å². The van der Waals surface area contributed by atoms with Crippen molar-refractivity contribution < 1.29 is 9.59 Å². The highest BCUT2D eigenvalue weighted by atomic mass is 35.5. The molecule has 2 aromatic rings. The van der Waals surface area contributed by atoms with Crippen LogP contribution in [-0.4, -0.2) is 35.3 Å². The highest BCUT2D eigenvalue weighted by molar-refractivity contribution is 6.42. The van der Waals surface area contributed by atoms with E-state index < -0.39 is 6.04 Å². The molecule has 0 bridgehead atoms. The maximum absolute atomic E-state index is 13.0. The standard InChI is InChI=1S/C22H26Cl2N2O2/c1-15(2)25-22(28)16(3)26(12-11-17-7-5-4-6-8-17)21(27)14-18-9-10-19(23)20(24)13-18/h4-10,13,15-16H,11-12,14H2,1-3H3,(H,25,28)/t16-/m1/s1. The molecule has 0 heterocycles. The lowest BCUT2D eigenvalue weighted by molar-refractivity contribution is -0.139. The summed E-state index contributed by atoms with van der Waals surface area (Å²) in [5.74, 6) is -0.286. The van der Waals surface area contributed by atoms with Crippen molar-refractivity contribution in [1.29, 1.82) is 0 Å². The molecule has 1 atom stereocenters. The fourth-order valence-corrected chi connectivity index (χ4v) is 3.22. The van der Waals surface area contributed by atoms with Crippen molar-refractivity contribution in [1.82, 2.24) is 10.2 Å². The van der Waals surface area contributed by atoms with Gasteiger partial charge in [0.1, 0.15) is 6.04 Å². The van der Waals surface area contributed by atoms with Crippen LogP contribution in [0.2, 0.25) is 10.0 Å². The topological polar surface area (TPSA) is 49.4 Å². The van der Waals surface area contributed by atoms with Crippen LogP contribution in [0.3, 0.4) is 0 Å². The molecule has 1 N–H and O–H groups in total. The fourth-order valence-electron chi connectivity index (χ4n) is 2.90. The maximum atomic E-state index is 13.0. The first-order valence-corrected chi connectivity index (χ1v) is 10.1. The van der Waals surface area contributed by atoms with Gasteiger partial charge < -0.3 is 10.2 Å². The Kier molecular flexibility index (Phi) is 8.34. The van der Waals surface area contributed by atoms with E-state index in [0.29, 0.717) is 23.0 Å². The average Bonchev–Trinajstić information content (AvgIpc) is 2.65. The molecule has 150 valence electrons. The van der Waals surface area contributed by atoms with Gasteiger partial charge in [-0.3, -0.25) is 9.59 Å². The Bertz CT molecular complexity index is 809. The molecule has 0 spiro atoms. The monoisotopic (exact) mass is 420 g/mol. The number of carbonyl (C=O) groups excluding carboxylic acids is 2. The molecular weight excluding hydrogens is 395 g/mol. The first kappa shape index (κ1) is 22.3. The molecule has 0 aliphatic rings. The Labute approximate surface area is 176 Å². The van der Waals surface area contributed by atoms with Crippen molar-refractivity contribution in [2.24, 2.45) is 0 Å². The number of amides is 2. The summed E-state index contributed by atoms with van der Waals surface area (Å²) in [5.41, 5.74) is 1.88. The second-order valence-electron chi connectivity index (χ2n) is 7.09. The zero-order valence-corrected chi connectivity index (χ0v) is 17.9. The largest absolute Gasteiger partial charge is 0.352 e. The zero-order valence-electron chi connectivity index (χ0n) is 16.4. The Hall–Kier alpha value is -2.04. The third-order valence-corrected chi connectivity index (χ3v) is 5.16. The molecule has 0 fully saturated rings. The van der Waals surface area contributed by atoms with Crippen molar-refractivity contribution in [3.63, 3.8) is 0 Å². The van der Waals surface area contributed by atoms with Crippen molar-refractivity contribution in [2.75, 3.05) is 6.54 Å². The molecule has 6 heteroatoms. The molecule has 0 aliphatic heterocycles. The second-order valence-corrected chi connectivity index (χ2v) is 7.90. The summed E-state index contributed by atoms with van der Waals surface area (Å²) in [6.07, 6.45) is 0.832. The van der Waals surface area contributed by atoms with Gasteiger partial charge in [-0.15, -0.1) is 0 Å². The van der Waals surface area contributed by atoms with Crippen LogP contribution >= 0.6 is 23.2 Å². The minimum Gasteiger partial charge on any atom is -0.352 e. The van der Waals surface area contributed by atoms with Crippen LogP contribution in [0.4, 0.5) is 0 Å². The summed E-state index contributed by atoms with van der Waals surface area (Å²) < 4.78 is 0. The SMILES string of the molecule is CC(C)NC(=O)[C@@H](C)N(CCc1ccccc1)C(=O)Cc1ccc(Cl)c(Cl)c1. The van der Waals surface area contributed by atoms with Crippen LogP contribution in [0, 0.1) is 0 Å².